The van der Waals surface area contributed by atoms with Gasteiger partial charge in [0.05, 0.1) is 31.8 Å². The maximum absolute atomic E-state index is 13.3. The fraction of sp³-hybridized carbons (Fsp3) is 0.324. The van der Waals surface area contributed by atoms with Crippen molar-refractivity contribution < 1.29 is 46.9 Å². The third kappa shape index (κ3) is 9.94. The molecule has 2 atom stereocenters. The molecule has 0 radical (unpaired) electrons. The summed E-state index contributed by atoms with van der Waals surface area (Å²) in [5.74, 6) is -1.96. The summed E-state index contributed by atoms with van der Waals surface area (Å²) < 4.78 is 42.4. The number of unbranched alkanes of at least 4 members (excludes halogenated alkanes) is 2. The number of methoxy groups -OCH3 is 1. The number of sulfonamides is 1. The van der Waals surface area contributed by atoms with E-state index in [1.54, 1.807) is 42.5 Å². The number of phenolic OH excluding ortho intramolecular Hbond substituents is 1. The van der Waals surface area contributed by atoms with Gasteiger partial charge in [-0.3, -0.25) is 14.3 Å². The molecule has 1 saturated heterocycles. The molecule has 4 N–H and O–H groups in total. The molecule has 49 heavy (non-hydrogen) atoms. The molecule has 1 aliphatic heterocycles. The van der Waals surface area contributed by atoms with Crippen LogP contribution >= 0.6 is 0 Å². The molecule has 3 amide bonds. The van der Waals surface area contributed by atoms with Crippen LogP contribution in [-0.2, 0) is 42.1 Å². The molecule has 4 rings (SSSR count). The van der Waals surface area contributed by atoms with Gasteiger partial charge in [-0.05, 0) is 54.2 Å². The lowest BCUT2D eigenvalue weighted by Gasteiger charge is -2.19. The maximum atomic E-state index is 13.3. The predicted molar refractivity (Wildman–Crippen MR) is 175 cm³/mol. The molecule has 1 fully saturated rings. The van der Waals surface area contributed by atoms with E-state index in [-0.39, 0.29) is 60.8 Å². The molecule has 0 bridgehead atoms. The van der Waals surface area contributed by atoms with Crippen LogP contribution in [0, 0.1) is 11.3 Å². The summed E-state index contributed by atoms with van der Waals surface area (Å²) in [6, 6.07) is 18.7. The Bertz CT molecular complexity index is 1830. The number of rotatable bonds is 15. The molecule has 258 valence electrons. The highest BCUT2D eigenvalue weighted by molar-refractivity contribution is 7.90. The first-order chi connectivity index (χ1) is 23.5. The summed E-state index contributed by atoms with van der Waals surface area (Å²) in [7, 11) is -2.78. The number of phenols is 1. The fourth-order valence-electron chi connectivity index (χ4n) is 5.15. The quantitative estimate of drug-likeness (QED) is 0.134. The Kier molecular flexibility index (Phi) is 12.5. The second-order valence-corrected chi connectivity index (χ2v) is 13.0. The first kappa shape index (κ1) is 36.2. The van der Waals surface area contributed by atoms with Gasteiger partial charge in [-0.25, -0.2) is 18.0 Å². The molecule has 15 heteroatoms. The summed E-state index contributed by atoms with van der Waals surface area (Å²) in [5, 5.41) is 23.9. The average molecular weight is 693 g/mol. The van der Waals surface area contributed by atoms with Crippen molar-refractivity contribution >= 4 is 33.9 Å². The molecule has 3 aromatic carbocycles. The second kappa shape index (κ2) is 17.0. The summed E-state index contributed by atoms with van der Waals surface area (Å²) in [6.45, 7) is 0.476. The zero-order valence-corrected chi connectivity index (χ0v) is 27.5. The van der Waals surface area contributed by atoms with Crippen molar-refractivity contribution in [2.75, 3.05) is 20.3 Å². The Morgan fingerprint density at radius 2 is 1.82 bits per heavy atom. The molecule has 1 aliphatic rings. The van der Waals surface area contributed by atoms with Crippen LogP contribution in [0.2, 0.25) is 0 Å². The van der Waals surface area contributed by atoms with Crippen molar-refractivity contribution in [1.29, 1.82) is 5.26 Å². The summed E-state index contributed by atoms with van der Waals surface area (Å²) in [6.07, 6.45) is 0.570. The third-order valence-electron chi connectivity index (χ3n) is 7.62. The van der Waals surface area contributed by atoms with Gasteiger partial charge in [0.1, 0.15) is 35.0 Å². The molecule has 1 unspecified atom stereocenters. The molecule has 1 heterocycles. The van der Waals surface area contributed by atoms with E-state index >= 15 is 0 Å². The number of ether oxygens (including phenoxy) is 3. The van der Waals surface area contributed by atoms with Crippen molar-refractivity contribution in [2.24, 2.45) is 0 Å². The smallest absolute Gasteiger partial charge is 0.408 e. The molecule has 0 saturated carbocycles. The fourth-order valence-corrected chi connectivity index (χ4v) is 6.61. The van der Waals surface area contributed by atoms with E-state index in [9.17, 15) is 38.0 Å². The monoisotopic (exact) mass is 692 g/mol. The number of carbonyl (C=O) groups is 4. The Morgan fingerprint density at radius 3 is 2.51 bits per heavy atom. The molecule has 0 spiro atoms. The van der Waals surface area contributed by atoms with E-state index in [0.717, 1.165) is 5.56 Å². The standard InChI is InChI=1S/C34H36N4O10S/c1-46-33(42)31-27(39)11-8-12-28(31)47-16-7-3-6-15-36-32(41)26(37-34(43)48-21-22-9-4-2-5-10-22)18-23-13-14-25(24(17-23)20-35)29-19-30(40)38-49(29,44)45/h2,4-5,8-14,17,26,29,39H,3,6-7,15-16,18-19,21H2,1H3,(H,36,41)(H,37,43)(H,38,40)/t26-,29?/m0/s1. The number of hydrogen-bond acceptors (Lipinski definition) is 11. The van der Waals surface area contributed by atoms with E-state index in [1.807, 2.05) is 16.9 Å². The highest BCUT2D eigenvalue weighted by Crippen LogP contribution is 2.33. The molecule has 3 aromatic rings. The van der Waals surface area contributed by atoms with Crippen LogP contribution < -0.4 is 20.1 Å². The number of nitrogens with one attached hydrogen (secondary N) is 3. The Hall–Kier alpha value is -5.62. The number of aromatic hydroxyl groups is 1. The van der Waals surface area contributed by atoms with Crippen LogP contribution in [0.5, 0.6) is 11.5 Å². The minimum absolute atomic E-state index is 0.0251. The third-order valence-corrected chi connectivity index (χ3v) is 9.30. The van der Waals surface area contributed by atoms with E-state index in [2.05, 4.69) is 10.6 Å². The van der Waals surface area contributed by atoms with Crippen molar-refractivity contribution in [3.63, 3.8) is 0 Å². The first-order valence-electron chi connectivity index (χ1n) is 15.4. The number of benzene rings is 3. The number of nitrogens with zero attached hydrogens (tertiary/aromatic N) is 1. The van der Waals surface area contributed by atoms with Crippen molar-refractivity contribution in [3.8, 4) is 17.6 Å². The summed E-state index contributed by atoms with van der Waals surface area (Å²) in [5.41, 5.74) is 1.34. The van der Waals surface area contributed by atoms with Crippen LogP contribution in [0.1, 0.15) is 63.5 Å². The predicted octanol–water partition coefficient (Wildman–Crippen LogP) is 3.14. The molecular formula is C34H36N4O10S. The number of amides is 3. The largest absolute Gasteiger partial charge is 0.507 e. The van der Waals surface area contributed by atoms with Crippen LogP contribution in [-0.4, -0.2) is 63.7 Å². The van der Waals surface area contributed by atoms with Gasteiger partial charge in [0.15, 0.2) is 0 Å². The number of hydrogen-bond donors (Lipinski definition) is 4. The molecule has 14 nitrogen and oxygen atoms in total. The summed E-state index contributed by atoms with van der Waals surface area (Å²) >= 11 is 0. The van der Waals surface area contributed by atoms with Crippen LogP contribution in [0.25, 0.3) is 0 Å². The second-order valence-electron chi connectivity index (χ2n) is 11.1. The van der Waals surface area contributed by atoms with Crippen LogP contribution in [0.3, 0.4) is 0 Å². The highest BCUT2D eigenvalue weighted by Gasteiger charge is 2.39. The Balaban J connectivity index is 1.36. The van der Waals surface area contributed by atoms with Gasteiger partial charge in [-0.1, -0.05) is 48.5 Å². The van der Waals surface area contributed by atoms with E-state index in [4.69, 9.17) is 14.2 Å². The number of alkyl carbamates (subject to hydrolysis) is 1. The maximum Gasteiger partial charge on any atom is 0.408 e. The van der Waals surface area contributed by atoms with Gasteiger partial charge < -0.3 is 30.0 Å². The number of nitriles is 1. The summed E-state index contributed by atoms with van der Waals surface area (Å²) in [4.78, 5) is 49.7. The zero-order valence-electron chi connectivity index (χ0n) is 26.6. The first-order valence-corrected chi connectivity index (χ1v) is 16.9. The molecular weight excluding hydrogens is 656 g/mol. The van der Waals surface area contributed by atoms with Crippen molar-refractivity contribution in [2.45, 2.75) is 50.0 Å². The van der Waals surface area contributed by atoms with Gasteiger partial charge in [0.2, 0.25) is 21.8 Å². The number of carbonyl (C=O) groups excluding carboxylic acids is 4. The zero-order chi connectivity index (χ0) is 35.4. The normalized spacial score (nSPS) is 15.3. The minimum atomic E-state index is -3.98. The highest BCUT2D eigenvalue weighted by atomic mass is 32.2. The Morgan fingerprint density at radius 1 is 1.04 bits per heavy atom. The van der Waals surface area contributed by atoms with Gasteiger partial charge >= 0.3 is 12.1 Å². The lowest BCUT2D eigenvalue weighted by atomic mass is 9.97. The average Bonchev–Trinajstić information content (AvgIpc) is 3.37. The van der Waals surface area contributed by atoms with E-state index < -0.39 is 45.2 Å². The minimum Gasteiger partial charge on any atom is -0.507 e. The van der Waals surface area contributed by atoms with Gasteiger partial charge in [-0.15, -0.1) is 0 Å². The van der Waals surface area contributed by atoms with Crippen molar-refractivity contribution in [3.05, 3.63) is 94.5 Å². The van der Waals surface area contributed by atoms with E-state index in [0.29, 0.717) is 24.8 Å². The van der Waals surface area contributed by atoms with E-state index in [1.165, 1.54) is 25.3 Å². The SMILES string of the molecule is COC(=O)c1c(O)cccc1OCCCCCNC(=O)[C@H](Cc1ccc(C2CC(=O)NS2(=O)=O)c(C#N)c1)NC(=O)OCc1ccccc1. The van der Waals surface area contributed by atoms with Gasteiger partial charge in [0.25, 0.3) is 0 Å². The topological polar surface area (TPSA) is 210 Å². The van der Waals surface area contributed by atoms with Crippen LogP contribution in [0.4, 0.5) is 4.79 Å². The Labute approximate surface area is 283 Å². The molecule has 0 aromatic heterocycles. The lowest BCUT2D eigenvalue weighted by molar-refractivity contribution is -0.123. The van der Waals surface area contributed by atoms with Gasteiger partial charge in [0, 0.05) is 13.0 Å². The number of esters is 1. The lowest BCUT2D eigenvalue weighted by Crippen LogP contribution is -2.48. The molecule has 0 aliphatic carbocycles. The van der Waals surface area contributed by atoms with Crippen LogP contribution in [0.15, 0.2) is 66.7 Å². The van der Waals surface area contributed by atoms with Crippen molar-refractivity contribution in [1.82, 2.24) is 15.4 Å². The van der Waals surface area contributed by atoms with Gasteiger partial charge in [-0.2, -0.15) is 5.26 Å².